The summed E-state index contributed by atoms with van der Waals surface area (Å²) < 4.78 is 107. The number of hydrogen-bond acceptors (Lipinski definition) is 3. The van der Waals surface area contributed by atoms with E-state index in [0.29, 0.717) is 0 Å². The third kappa shape index (κ3) is 5.09. The number of benzene rings is 3. The Hall–Kier alpha value is -2.83. The van der Waals surface area contributed by atoms with Crippen LogP contribution in [0.3, 0.4) is 0 Å². The van der Waals surface area contributed by atoms with E-state index in [1.165, 1.54) is 36.4 Å². The summed E-state index contributed by atoms with van der Waals surface area (Å²) in [6.45, 7) is -0.720. The van der Waals surface area contributed by atoms with Crippen molar-refractivity contribution in [2.45, 2.75) is 36.8 Å². The van der Waals surface area contributed by atoms with Crippen LogP contribution in [0.4, 0.5) is 35.1 Å². The third-order valence-corrected chi connectivity index (χ3v) is 7.24. The minimum absolute atomic E-state index is 0.124. The Labute approximate surface area is 229 Å². The number of rotatable bonds is 5. The second-order valence-electron chi connectivity index (χ2n) is 8.46. The lowest BCUT2D eigenvalue weighted by molar-refractivity contribution is -0.275. The Morgan fingerprint density at radius 1 is 0.923 bits per heavy atom. The predicted octanol–water partition coefficient (Wildman–Crippen LogP) is 8.20. The van der Waals surface area contributed by atoms with Gasteiger partial charge in [-0.25, -0.2) is 0 Å². The van der Waals surface area contributed by atoms with Gasteiger partial charge in [0.25, 0.3) is 5.60 Å². The first-order valence-corrected chi connectivity index (χ1v) is 11.8. The number of carbonyl (C=O) groups excluding carboxylic acids is 1. The van der Waals surface area contributed by atoms with E-state index in [0.717, 1.165) is 12.1 Å². The lowest BCUT2D eigenvalue weighted by atomic mass is 9.85. The van der Waals surface area contributed by atoms with Gasteiger partial charge in [-0.05, 0) is 28.5 Å². The zero-order valence-corrected chi connectivity index (χ0v) is 21.2. The molecule has 1 aliphatic rings. The van der Waals surface area contributed by atoms with Gasteiger partial charge in [0, 0.05) is 24.1 Å². The number of hydrogen-bond donors (Lipinski definition) is 1. The summed E-state index contributed by atoms with van der Waals surface area (Å²) >= 11 is 17.8. The van der Waals surface area contributed by atoms with Crippen molar-refractivity contribution in [2.24, 2.45) is 5.16 Å². The lowest BCUT2D eigenvalue weighted by Gasteiger charge is -2.30. The SMILES string of the molecule is O=C(NCc1ccc(C2=NOC(c3cc(Cl)c(Cl)c(Cl)c3)(C(F)(F)F)C2)c2ccccc12)C(F)(F)C(F)(F)F. The van der Waals surface area contributed by atoms with E-state index in [4.69, 9.17) is 39.6 Å². The molecule has 1 N–H and O–H groups in total. The Kier molecular flexibility index (Phi) is 7.46. The van der Waals surface area contributed by atoms with Gasteiger partial charge in [-0.1, -0.05) is 76.4 Å². The van der Waals surface area contributed by atoms with E-state index in [1.54, 1.807) is 5.32 Å². The second kappa shape index (κ2) is 9.97. The molecule has 0 bridgehead atoms. The average molecular weight is 620 g/mol. The van der Waals surface area contributed by atoms with Gasteiger partial charge < -0.3 is 10.2 Å². The molecule has 1 amide bonds. The third-order valence-electron chi connectivity index (χ3n) is 6.04. The lowest BCUT2D eigenvalue weighted by Crippen LogP contribution is -2.50. The molecule has 3 aromatic carbocycles. The number of alkyl halides is 8. The Morgan fingerprint density at radius 2 is 1.51 bits per heavy atom. The number of fused-ring (bicyclic) bond motifs is 1. The van der Waals surface area contributed by atoms with Gasteiger partial charge in [0.15, 0.2) is 0 Å². The molecule has 208 valence electrons. The first kappa shape index (κ1) is 29.2. The molecule has 0 spiro atoms. The molecule has 1 atom stereocenters. The van der Waals surface area contributed by atoms with Gasteiger partial charge in [-0.3, -0.25) is 4.79 Å². The molecule has 0 saturated carbocycles. The number of nitrogens with zero attached hydrogens (tertiary/aromatic N) is 1. The molecule has 1 heterocycles. The van der Waals surface area contributed by atoms with Crippen molar-refractivity contribution in [3.63, 3.8) is 0 Å². The van der Waals surface area contributed by atoms with Crippen LogP contribution < -0.4 is 5.32 Å². The molecule has 4 rings (SSSR count). The van der Waals surface area contributed by atoms with Gasteiger partial charge >= 0.3 is 24.2 Å². The van der Waals surface area contributed by atoms with Crippen molar-refractivity contribution < 1.29 is 44.8 Å². The average Bonchev–Trinajstić information content (AvgIpc) is 3.31. The topological polar surface area (TPSA) is 50.7 Å². The minimum atomic E-state index is -6.09. The van der Waals surface area contributed by atoms with Crippen LogP contribution in [0.25, 0.3) is 10.8 Å². The van der Waals surface area contributed by atoms with Gasteiger partial charge in [0.05, 0.1) is 20.8 Å². The van der Waals surface area contributed by atoms with Crippen molar-refractivity contribution in [3.05, 3.63) is 80.3 Å². The summed E-state index contributed by atoms with van der Waals surface area (Å²) in [5.74, 6) is -8.17. The number of amides is 1. The first-order valence-electron chi connectivity index (χ1n) is 10.7. The van der Waals surface area contributed by atoms with Crippen LogP contribution in [0.1, 0.15) is 23.1 Å². The summed E-state index contributed by atoms with van der Waals surface area (Å²) in [5, 5.41) is 5.13. The van der Waals surface area contributed by atoms with Crippen molar-refractivity contribution in [1.82, 2.24) is 5.32 Å². The molecule has 15 heteroatoms. The molecule has 0 radical (unpaired) electrons. The van der Waals surface area contributed by atoms with Crippen LogP contribution in [0, 0.1) is 0 Å². The zero-order valence-electron chi connectivity index (χ0n) is 19.0. The molecular formula is C24H13Cl3F8N2O2. The zero-order chi connectivity index (χ0) is 29.0. The molecule has 0 saturated heterocycles. The number of oxime groups is 1. The largest absolute Gasteiger partial charge is 0.463 e. The summed E-state index contributed by atoms with van der Waals surface area (Å²) in [6, 6.07) is 10.4. The summed E-state index contributed by atoms with van der Waals surface area (Å²) in [7, 11) is 0. The van der Waals surface area contributed by atoms with Gasteiger partial charge in [-0.15, -0.1) is 0 Å². The molecule has 4 nitrogen and oxygen atoms in total. The normalized spacial score (nSPS) is 18.2. The molecule has 39 heavy (non-hydrogen) atoms. The van der Waals surface area contributed by atoms with E-state index < -0.39 is 48.3 Å². The first-order chi connectivity index (χ1) is 18.0. The highest BCUT2D eigenvalue weighted by molar-refractivity contribution is 6.48. The van der Waals surface area contributed by atoms with E-state index in [2.05, 4.69) is 5.16 Å². The van der Waals surface area contributed by atoms with E-state index in [1.807, 2.05) is 0 Å². The summed E-state index contributed by atoms with van der Waals surface area (Å²) in [5.41, 5.74) is -3.29. The standard InChI is InChI=1S/C24H13Cl3F8N2O2/c25-16-7-12(8-17(26)19(16)27)21(23(30,31)32)9-18(37-39-21)15-6-5-11(13-3-1-2-4-14(13)15)10-36-20(38)22(28,29)24(33,34)35/h1-8H,9-10H2,(H,36,38). The molecule has 1 aliphatic heterocycles. The maximum absolute atomic E-state index is 14.4. The number of halogens is 11. The molecule has 0 aromatic heterocycles. The van der Waals surface area contributed by atoms with E-state index in [-0.39, 0.29) is 42.7 Å². The fourth-order valence-corrected chi connectivity index (χ4v) is 4.62. The Bertz CT molecular complexity index is 1470. The predicted molar refractivity (Wildman–Crippen MR) is 128 cm³/mol. The highest BCUT2D eigenvalue weighted by atomic mass is 35.5. The quantitative estimate of drug-likeness (QED) is 0.231. The summed E-state index contributed by atoms with van der Waals surface area (Å²) in [6.07, 6.45) is -11.9. The van der Waals surface area contributed by atoms with Gasteiger partial charge in [0.1, 0.15) is 0 Å². The highest BCUT2D eigenvalue weighted by Crippen LogP contribution is 2.51. The van der Waals surface area contributed by atoms with Crippen LogP contribution in [0.5, 0.6) is 0 Å². The van der Waals surface area contributed by atoms with Gasteiger partial charge in [0.2, 0.25) is 0 Å². The Morgan fingerprint density at radius 3 is 2.08 bits per heavy atom. The van der Waals surface area contributed by atoms with Crippen LogP contribution in [0.2, 0.25) is 15.1 Å². The smallest absolute Gasteiger partial charge is 0.374 e. The molecule has 0 aliphatic carbocycles. The molecule has 0 fully saturated rings. The maximum atomic E-state index is 14.4. The van der Waals surface area contributed by atoms with Crippen LogP contribution in [-0.4, -0.2) is 29.9 Å². The molecular weight excluding hydrogens is 607 g/mol. The van der Waals surface area contributed by atoms with Crippen LogP contribution in [0.15, 0.2) is 53.7 Å². The Balaban J connectivity index is 1.69. The fourth-order valence-electron chi connectivity index (χ4n) is 4.02. The van der Waals surface area contributed by atoms with Crippen molar-refractivity contribution in [2.75, 3.05) is 0 Å². The number of carbonyl (C=O) groups is 1. The highest BCUT2D eigenvalue weighted by Gasteiger charge is 2.64. The van der Waals surface area contributed by atoms with Crippen molar-refractivity contribution in [1.29, 1.82) is 0 Å². The monoisotopic (exact) mass is 618 g/mol. The maximum Gasteiger partial charge on any atom is 0.463 e. The molecule has 1 unspecified atom stereocenters. The van der Waals surface area contributed by atoms with Crippen LogP contribution in [-0.2, 0) is 21.8 Å². The molecule has 3 aromatic rings. The van der Waals surface area contributed by atoms with E-state index in [9.17, 15) is 39.9 Å². The van der Waals surface area contributed by atoms with Crippen molar-refractivity contribution >= 4 is 57.2 Å². The fraction of sp³-hybridized carbons (Fsp3) is 0.250. The van der Waals surface area contributed by atoms with E-state index >= 15 is 0 Å². The van der Waals surface area contributed by atoms with Crippen molar-refractivity contribution in [3.8, 4) is 0 Å². The summed E-state index contributed by atoms with van der Waals surface area (Å²) in [4.78, 5) is 16.5. The second-order valence-corrected chi connectivity index (χ2v) is 9.65. The minimum Gasteiger partial charge on any atom is -0.374 e. The number of nitrogens with one attached hydrogen (secondary N) is 1. The van der Waals surface area contributed by atoms with Gasteiger partial charge in [-0.2, -0.15) is 35.1 Å². The van der Waals surface area contributed by atoms with Crippen LogP contribution >= 0.6 is 34.8 Å².